The number of H-pyrrole nitrogens is 1. The summed E-state index contributed by atoms with van der Waals surface area (Å²) >= 11 is 0. The monoisotopic (exact) mass is 189 g/mol. The second-order valence-corrected chi connectivity index (χ2v) is 3.90. The van der Waals surface area contributed by atoms with Crippen LogP contribution in [-0.4, -0.2) is 10.1 Å². The van der Waals surface area contributed by atoms with Crippen molar-refractivity contribution in [3.8, 4) is 0 Å². The second-order valence-electron chi connectivity index (χ2n) is 3.90. The van der Waals surface area contributed by atoms with E-state index in [2.05, 4.69) is 31.0 Å². The molecule has 0 bridgehead atoms. The number of fused-ring (bicyclic) bond motifs is 1. The highest BCUT2D eigenvalue weighted by Crippen LogP contribution is 2.26. The fraction of sp³-hybridized carbons (Fsp3) is 0.333. The molecule has 14 heavy (non-hydrogen) atoms. The Morgan fingerprint density at radius 1 is 1.21 bits per heavy atom. The van der Waals surface area contributed by atoms with Gasteiger partial charge in [0.15, 0.2) is 0 Å². The van der Waals surface area contributed by atoms with Crippen LogP contribution in [0.3, 0.4) is 0 Å². The van der Waals surface area contributed by atoms with Gasteiger partial charge in [0.25, 0.3) is 0 Å². The number of aryl methyl sites for hydroxylation is 2. The molecule has 1 unspecified atom stereocenters. The Morgan fingerprint density at radius 2 is 1.86 bits per heavy atom. The molecule has 0 radical (unpaired) electrons. The number of nitrogens with one attached hydrogen (secondary N) is 1. The number of aromatic amines is 1. The van der Waals surface area contributed by atoms with Crippen molar-refractivity contribution in [2.45, 2.75) is 26.9 Å². The number of hydrogen-bond acceptors (Lipinski definition) is 1. The van der Waals surface area contributed by atoms with Crippen molar-refractivity contribution in [2.24, 2.45) is 0 Å². The van der Waals surface area contributed by atoms with Crippen LogP contribution < -0.4 is 0 Å². The molecular weight excluding hydrogens is 174 g/mol. The summed E-state index contributed by atoms with van der Waals surface area (Å²) in [7, 11) is 0. The van der Waals surface area contributed by atoms with Gasteiger partial charge in [0.05, 0.1) is 6.10 Å². The Balaban J connectivity index is 2.74. The highest BCUT2D eigenvalue weighted by molar-refractivity contribution is 5.85. The summed E-state index contributed by atoms with van der Waals surface area (Å²) in [5.74, 6) is 0. The summed E-state index contributed by atoms with van der Waals surface area (Å²) < 4.78 is 0. The predicted molar refractivity (Wildman–Crippen MR) is 58.4 cm³/mol. The van der Waals surface area contributed by atoms with E-state index in [9.17, 15) is 5.11 Å². The maximum atomic E-state index is 9.55. The molecule has 0 aliphatic carbocycles. The molecule has 2 nitrogen and oxygen atoms in total. The van der Waals surface area contributed by atoms with Crippen LogP contribution in [0.2, 0.25) is 0 Å². The van der Waals surface area contributed by atoms with Crippen molar-refractivity contribution in [2.75, 3.05) is 0 Å². The topological polar surface area (TPSA) is 36.0 Å². The minimum absolute atomic E-state index is 0.411. The van der Waals surface area contributed by atoms with Gasteiger partial charge in [-0.1, -0.05) is 0 Å². The van der Waals surface area contributed by atoms with Gasteiger partial charge in [-0.05, 0) is 44.0 Å². The first kappa shape index (κ1) is 9.28. The molecule has 0 aliphatic heterocycles. The fourth-order valence-corrected chi connectivity index (χ4v) is 1.75. The SMILES string of the molecule is Cc1cc2[nH]cc(C(C)O)c2cc1C. The summed E-state index contributed by atoms with van der Waals surface area (Å²) in [5.41, 5.74) is 4.61. The van der Waals surface area contributed by atoms with E-state index in [0.717, 1.165) is 16.5 Å². The first-order chi connectivity index (χ1) is 6.59. The van der Waals surface area contributed by atoms with Gasteiger partial charge < -0.3 is 10.1 Å². The number of aliphatic hydroxyl groups excluding tert-OH is 1. The molecule has 1 heterocycles. The Morgan fingerprint density at radius 3 is 2.50 bits per heavy atom. The Kier molecular flexibility index (Phi) is 2.08. The minimum Gasteiger partial charge on any atom is -0.389 e. The molecule has 1 atom stereocenters. The maximum absolute atomic E-state index is 9.55. The van der Waals surface area contributed by atoms with E-state index in [4.69, 9.17) is 0 Å². The number of aliphatic hydroxyl groups is 1. The quantitative estimate of drug-likeness (QED) is 0.711. The summed E-state index contributed by atoms with van der Waals surface area (Å²) in [6, 6.07) is 4.25. The zero-order chi connectivity index (χ0) is 10.3. The normalized spacial score (nSPS) is 13.4. The third-order valence-electron chi connectivity index (χ3n) is 2.78. The predicted octanol–water partition coefficient (Wildman–Crippen LogP) is 2.84. The van der Waals surface area contributed by atoms with Crippen molar-refractivity contribution in [1.29, 1.82) is 0 Å². The van der Waals surface area contributed by atoms with Gasteiger partial charge in [-0.25, -0.2) is 0 Å². The minimum atomic E-state index is -0.411. The van der Waals surface area contributed by atoms with Crippen molar-refractivity contribution < 1.29 is 5.11 Å². The lowest BCUT2D eigenvalue weighted by atomic mass is 10.0. The highest BCUT2D eigenvalue weighted by atomic mass is 16.3. The molecule has 0 amide bonds. The number of rotatable bonds is 1. The van der Waals surface area contributed by atoms with E-state index < -0.39 is 6.10 Å². The van der Waals surface area contributed by atoms with Crippen LogP contribution in [0.15, 0.2) is 18.3 Å². The van der Waals surface area contributed by atoms with Crippen molar-refractivity contribution in [1.82, 2.24) is 4.98 Å². The van der Waals surface area contributed by atoms with Gasteiger partial charge in [0, 0.05) is 22.7 Å². The largest absolute Gasteiger partial charge is 0.389 e. The lowest BCUT2D eigenvalue weighted by molar-refractivity contribution is 0.201. The van der Waals surface area contributed by atoms with E-state index in [-0.39, 0.29) is 0 Å². The standard InChI is InChI=1S/C12H15NO/c1-7-4-10-11(9(3)14)6-13-12(10)5-8(7)2/h4-6,9,13-14H,1-3H3. The molecule has 0 saturated carbocycles. The average molecular weight is 189 g/mol. The number of hydrogen-bond donors (Lipinski definition) is 2. The highest BCUT2D eigenvalue weighted by Gasteiger charge is 2.09. The van der Waals surface area contributed by atoms with E-state index in [1.165, 1.54) is 11.1 Å². The van der Waals surface area contributed by atoms with Gasteiger partial charge in [-0.15, -0.1) is 0 Å². The third kappa shape index (κ3) is 1.32. The fourth-order valence-electron chi connectivity index (χ4n) is 1.75. The molecule has 74 valence electrons. The first-order valence-corrected chi connectivity index (χ1v) is 4.86. The van der Waals surface area contributed by atoms with Gasteiger partial charge >= 0.3 is 0 Å². The second kappa shape index (κ2) is 3.14. The van der Waals surface area contributed by atoms with Crippen LogP contribution >= 0.6 is 0 Å². The van der Waals surface area contributed by atoms with E-state index in [1.807, 2.05) is 6.20 Å². The van der Waals surface area contributed by atoms with Gasteiger partial charge in [0.2, 0.25) is 0 Å². The molecule has 2 N–H and O–H groups in total. The van der Waals surface area contributed by atoms with Gasteiger partial charge in [-0.2, -0.15) is 0 Å². The molecule has 0 spiro atoms. The zero-order valence-electron chi connectivity index (χ0n) is 8.76. The Labute approximate surface area is 83.6 Å². The Hall–Kier alpha value is -1.28. The molecule has 2 aromatic rings. The lowest BCUT2D eigenvalue weighted by Gasteiger charge is -2.04. The van der Waals surface area contributed by atoms with Gasteiger partial charge in [-0.3, -0.25) is 0 Å². The van der Waals surface area contributed by atoms with Crippen LogP contribution in [0.1, 0.15) is 29.7 Å². The maximum Gasteiger partial charge on any atom is 0.0782 e. The molecule has 2 heteroatoms. The smallest absolute Gasteiger partial charge is 0.0782 e. The number of aromatic nitrogens is 1. The molecule has 2 rings (SSSR count). The van der Waals surface area contributed by atoms with Crippen LogP contribution in [0, 0.1) is 13.8 Å². The zero-order valence-corrected chi connectivity index (χ0v) is 8.76. The van der Waals surface area contributed by atoms with E-state index in [0.29, 0.717) is 0 Å². The van der Waals surface area contributed by atoms with E-state index in [1.54, 1.807) is 6.92 Å². The summed E-state index contributed by atoms with van der Waals surface area (Å²) in [6.07, 6.45) is 1.47. The van der Waals surface area contributed by atoms with Crippen LogP contribution in [0.5, 0.6) is 0 Å². The Bertz CT molecular complexity index is 468. The summed E-state index contributed by atoms with van der Waals surface area (Å²) in [5, 5.41) is 10.7. The van der Waals surface area contributed by atoms with Crippen LogP contribution in [0.4, 0.5) is 0 Å². The van der Waals surface area contributed by atoms with Crippen LogP contribution in [0.25, 0.3) is 10.9 Å². The summed E-state index contributed by atoms with van der Waals surface area (Å²) in [4.78, 5) is 3.18. The number of benzene rings is 1. The van der Waals surface area contributed by atoms with Gasteiger partial charge in [0.1, 0.15) is 0 Å². The van der Waals surface area contributed by atoms with Crippen molar-refractivity contribution >= 4 is 10.9 Å². The average Bonchev–Trinajstić information content (AvgIpc) is 2.48. The summed E-state index contributed by atoms with van der Waals surface area (Å²) in [6.45, 7) is 5.98. The van der Waals surface area contributed by atoms with E-state index >= 15 is 0 Å². The molecule has 1 aromatic heterocycles. The first-order valence-electron chi connectivity index (χ1n) is 4.86. The molecule has 0 fully saturated rings. The molecule has 1 aromatic carbocycles. The van der Waals surface area contributed by atoms with Crippen molar-refractivity contribution in [3.63, 3.8) is 0 Å². The molecular formula is C12H15NO. The third-order valence-corrected chi connectivity index (χ3v) is 2.78. The van der Waals surface area contributed by atoms with Crippen LogP contribution in [-0.2, 0) is 0 Å². The van der Waals surface area contributed by atoms with Crippen molar-refractivity contribution in [3.05, 3.63) is 35.0 Å². The molecule has 0 saturated heterocycles. The lowest BCUT2D eigenvalue weighted by Crippen LogP contribution is -1.89. The molecule has 0 aliphatic rings.